The predicted octanol–water partition coefficient (Wildman–Crippen LogP) is 3.24. The SMILES string of the molecule is CN1C2CCC1CC(NC(=O)c1ccc(-c3cc4cn(-c5ccc(CN(CCCN)CCCN)cc5)c(=O)nc4[nH]3)cc1)C2. The molecule has 4 heterocycles. The molecule has 2 fully saturated rings. The second-order valence-corrected chi connectivity index (χ2v) is 12.4. The maximum absolute atomic E-state index is 13.0. The maximum atomic E-state index is 13.0. The van der Waals surface area contributed by atoms with E-state index >= 15 is 0 Å². The van der Waals surface area contributed by atoms with Gasteiger partial charge in [-0.3, -0.25) is 14.3 Å². The van der Waals surface area contributed by atoms with E-state index in [4.69, 9.17) is 11.5 Å². The maximum Gasteiger partial charge on any atom is 0.354 e. The molecule has 6 rings (SSSR count). The van der Waals surface area contributed by atoms with Crippen LogP contribution >= 0.6 is 0 Å². The topological polar surface area (TPSA) is 138 Å². The van der Waals surface area contributed by atoms with Gasteiger partial charge in [-0.1, -0.05) is 24.3 Å². The molecule has 2 aliphatic heterocycles. The Morgan fingerprint density at radius 1 is 1.00 bits per heavy atom. The molecule has 2 saturated heterocycles. The van der Waals surface area contributed by atoms with Crippen molar-refractivity contribution in [3.63, 3.8) is 0 Å². The number of nitrogens with two attached hydrogens (primary N) is 2. The molecule has 44 heavy (non-hydrogen) atoms. The Labute approximate surface area is 258 Å². The number of rotatable bonds is 12. The highest BCUT2D eigenvalue weighted by molar-refractivity contribution is 5.95. The Hall–Kier alpha value is -3.83. The molecule has 2 aliphatic rings. The molecule has 2 bridgehead atoms. The number of nitrogens with one attached hydrogen (secondary N) is 2. The molecule has 2 atom stereocenters. The fourth-order valence-electron chi connectivity index (χ4n) is 6.85. The molecule has 1 amide bonds. The molecule has 10 nitrogen and oxygen atoms in total. The lowest BCUT2D eigenvalue weighted by Crippen LogP contribution is -2.48. The predicted molar refractivity (Wildman–Crippen MR) is 175 cm³/mol. The lowest BCUT2D eigenvalue weighted by molar-refractivity contribution is 0.0882. The van der Waals surface area contributed by atoms with Crippen molar-refractivity contribution >= 4 is 16.9 Å². The van der Waals surface area contributed by atoms with E-state index < -0.39 is 0 Å². The van der Waals surface area contributed by atoms with Crippen LogP contribution in [0.1, 0.15) is 54.4 Å². The first-order valence-electron chi connectivity index (χ1n) is 15.9. The summed E-state index contributed by atoms with van der Waals surface area (Å²) in [5, 5.41) is 4.09. The zero-order chi connectivity index (χ0) is 30.6. The van der Waals surface area contributed by atoms with E-state index in [0.29, 0.717) is 36.4 Å². The number of nitrogens with zero attached hydrogens (tertiary/aromatic N) is 4. The van der Waals surface area contributed by atoms with Gasteiger partial charge in [0.1, 0.15) is 5.65 Å². The molecule has 0 radical (unpaired) electrons. The second-order valence-electron chi connectivity index (χ2n) is 12.4. The molecule has 6 N–H and O–H groups in total. The number of benzene rings is 2. The van der Waals surface area contributed by atoms with Crippen LogP contribution < -0.4 is 22.5 Å². The van der Waals surface area contributed by atoms with Gasteiger partial charge in [0.2, 0.25) is 0 Å². The Balaban J connectivity index is 1.13. The first-order valence-corrected chi connectivity index (χ1v) is 15.9. The Morgan fingerprint density at radius 2 is 1.66 bits per heavy atom. The molecule has 10 heteroatoms. The molecular formula is C34H44N8O2. The van der Waals surface area contributed by atoms with Gasteiger partial charge in [0, 0.05) is 47.5 Å². The molecule has 2 unspecified atom stereocenters. The Kier molecular flexibility index (Phi) is 9.22. The molecule has 2 aromatic heterocycles. The third-order valence-electron chi connectivity index (χ3n) is 9.38. The Morgan fingerprint density at radius 3 is 2.30 bits per heavy atom. The van der Waals surface area contributed by atoms with Crippen molar-refractivity contribution in [2.75, 3.05) is 33.2 Å². The van der Waals surface area contributed by atoms with Gasteiger partial charge in [-0.25, -0.2) is 4.79 Å². The van der Waals surface area contributed by atoms with Crippen molar-refractivity contribution in [3.05, 3.63) is 82.4 Å². The summed E-state index contributed by atoms with van der Waals surface area (Å²) in [6, 6.07) is 19.0. The van der Waals surface area contributed by atoms with Crippen molar-refractivity contribution in [2.24, 2.45) is 11.5 Å². The van der Waals surface area contributed by atoms with Gasteiger partial charge in [-0.15, -0.1) is 0 Å². The van der Waals surface area contributed by atoms with E-state index in [1.807, 2.05) is 48.7 Å². The monoisotopic (exact) mass is 596 g/mol. The summed E-state index contributed by atoms with van der Waals surface area (Å²) in [6.07, 6.45) is 8.22. The van der Waals surface area contributed by atoms with E-state index in [1.54, 1.807) is 4.57 Å². The number of piperidine rings is 1. The zero-order valence-electron chi connectivity index (χ0n) is 25.5. The summed E-state index contributed by atoms with van der Waals surface area (Å²) in [4.78, 5) is 38.4. The van der Waals surface area contributed by atoms with E-state index in [2.05, 4.69) is 44.3 Å². The number of carbonyl (C=O) groups is 1. The molecule has 232 valence electrons. The molecule has 0 spiro atoms. The van der Waals surface area contributed by atoms with Crippen LogP contribution in [-0.4, -0.2) is 81.6 Å². The smallest absolute Gasteiger partial charge is 0.349 e. The van der Waals surface area contributed by atoms with Crippen LogP contribution in [0.4, 0.5) is 0 Å². The number of carbonyl (C=O) groups excluding carboxylic acids is 1. The van der Waals surface area contributed by atoms with Gasteiger partial charge in [-0.2, -0.15) is 4.98 Å². The van der Waals surface area contributed by atoms with Gasteiger partial charge in [-0.05, 0) is 113 Å². The van der Waals surface area contributed by atoms with Crippen molar-refractivity contribution in [3.8, 4) is 16.9 Å². The van der Waals surface area contributed by atoms with E-state index in [0.717, 1.165) is 67.6 Å². The van der Waals surface area contributed by atoms with Crippen molar-refractivity contribution in [1.29, 1.82) is 0 Å². The summed E-state index contributed by atoms with van der Waals surface area (Å²) in [6.45, 7) is 4.01. The summed E-state index contributed by atoms with van der Waals surface area (Å²) >= 11 is 0. The number of hydrogen-bond acceptors (Lipinski definition) is 7. The van der Waals surface area contributed by atoms with Crippen LogP contribution in [-0.2, 0) is 6.54 Å². The molecule has 0 aliphatic carbocycles. The number of H-pyrrole nitrogens is 1. The quantitative estimate of drug-likeness (QED) is 0.197. The van der Waals surface area contributed by atoms with Crippen molar-refractivity contribution in [1.82, 2.24) is 29.7 Å². The van der Waals surface area contributed by atoms with Crippen molar-refractivity contribution < 1.29 is 4.79 Å². The summed E-state index contributed by atoms with van der Waals surface area (Å²) < 4.78 is 1.58. The minimum atomic E-state index is -0.347. The standard InChI is InChI=1S/C34H44N8O2/c1-40-29-12-13-30(40)20-27(19-29)37-33(43)25-8-6-24(7-9-25)31-18-26-22-42(34(44)39-32(26)38-31)28-10-4-23(5-11-28)21-41(16-2-14-35)17-3-15-36/h4-11,18,22,27,29-30H,2-3,12-17,19-21,35-36H2,1H3,(H,37,43)(H,38,39,44). The first-order chi connectivity index (χ1) is 21.4. The second kappa shape index (κ2) is 13.4. The minimum Gasteiger partial charge on any atom is -0.349 e. The summed E-state index contributed by atoms with van der Waals surface area (Å²) in [5.74, 6) is -0.0225. The number of hydrogen-bond donors (Lipinski definition) is 4. The van der Waals surface area contributed by atoms with Gasteiger partial charge in [0.25, 0.3) is 5.91 Å². The molecule has 4 aromatic rings. The van der Waals surface area contributed by atoms with Gasteiger partial charge >= 0.3 is 5.69 Å². The summed E-state index contributed by atoms with van der Waals surface area (Å²) in [7, 11) is 2.21. The van der Waals surface area contributed by atoms with E-state index in [9.17, 15) is 9.59 Å². The van der Waals surface area contributed by atoms with Gasteiger partial charge in [0.05, 0.1) is 5.69 Å². The zero-order valence-corrected chi connectivity index (χ0v) is 25.5. The molecule has 0 saturated carbocycles. The highest BCUT2D eigenvalue weighted by Crippen LogP contribution is 2.34. The summed E-state index contributed by atoms with van der Waals surface area (Å²) in [5.41, 5.74) is 16.0. The van der Waals surface area contributed by atoms with Crippen LogP contribution in [0.2, 0.25) is 0 Å². The third-order valence-corrected chi connectivity index (χ3v) is 9.38. The highest BCUT2D eigenvalue weighted by Gasteiger charge is 2.38. The van der Waals surface area contributed by atoms with Crippen LogP contribution in [0.15, 0.2) is 65.6 Å². The number of aromatic amines is 1. The fraction of sp³-hybridized carbons (Fsp3) is 0.441. The highest BCUT2D eigenvalue weighted by atomic mass is 16.2. The molecule has 2 aromatic carbocycles. The average molecular weight is 597 g/mol. The van der Waals surface area contributed by atoms with Gasteiger partial charge < -0.3 is 26.7 Å². The van der Waals surface area contributed by atoms with E-state index in [-0.39, 0.29) is 17.6 Å². The largest absolute Gasteiger partial charge is 0.354 e. The lowest BCUT2D eigenvalue weighted by atomic mass is 9.97. The minimum absolute atomic E-state index is 0.0225. The van der Waals surface area contributed by atoms with Crippen LogP contribution in [0.25, 0.3) is 28.0 Å². The first kappa shape index (κ1) is 30.2. The van der Waals surface area contributed by atoms with Crippen molar-refractivity contribution in [2.45, 2.75) is 63.2 Å². The average Bonchev–Trinajstić information content (AvgIpc) is 3.52. The van der Waals surface area contributed by atoms with Crippen LogP contribution in [0.5, 0.6) is 0 Å². The van der Waals surface area contributed by atoms with Crippen LogP contribution in [0, 0.1) is 0 Å². The Bertz CT molecular complexity index is 1610. The molecular weight excluding hydrogens is 552 g/mol. The normalized spacial score (nSPS) is 20.0. The lowest BCUT2D eigenvalue weighted by Gasteiger charge is -2.36. The number of fused-ring (bicyclic) bond motifs is 3. The third kappa shape index (κ3) is 6.63. The number of amides is 1. The number of aromatic nitrogens is 3. The van der Waals surface area contributed by atoms with Crippen LogP contribution in [0.3, 0.4) is 0 Å². The van der Waals surface area contributed by atoms with E-state index in [1.165, 1.54) is 18.4 Å². The fourth-order valence-corrected chi connectivity index (χ4v) is 6.85. The van der Waals surface area contributed by atoms with Gasteiger partial charge in [0.15, 0.2) is 0 Å².